The zero-order valence-corrected chi connectivity index (χ0v) is 11.1. The van der Waals surface area contributed by atoms with E-state index in [1.54, 1.807) is 0 Å². The first-order valence-corrected chi connectivity index (χ1v) is 6.24. The van der Waals surface area contributed by atoms with Crippen molar-refractivity contribution in [2.24, 2.45) is 5.84 Å². The zero-order chi connectivity index (χ0) is 14.7. The predicted octanol–water partition coefficient (Wildman–Crippen LogP) is 3.50. The third-order valence-corrected chi connectivity index (χ3v) is 3.34. The van der Waals surface area contributed by atoms with Crippen LogP contribution >= 0.6 is 11.6 Å². The maximum atomic E-state index is 13.2. The first-order chi connectivity index (χ1) is 9.51. The number of hydrazine groups is 1. The number of benzene rings is 2. The lowest BCUT2D eigenvalue weighted by molar-refractivity contribution is 0.497. The van der Waals surface area contributed by atoms with Gasteiger partial charge < -0.3 is 0 Å². The van der Waals surface area contributed by atoms with E-state index >= 15 is 0 Å². The Morgan fingerprint density at radius 1 is 1.05 bits per heavy atom. The summed E-state index contributed by atoms with van der Waals surface area (Å²) in [4.78, 5) is 0. The molecule has 6 heteroatoms. The second kappa shape index (κ2) is 6.26. The van der Waals surface area contributed by atoms with E-state index in [-0.39, 0.29) is 5.02 Å². The van der Waals surface area contributed by atoms with Gasteiger partial charge in [0.2, 0.25) is 0 Å². The molecule has 2 rings (SSSR count). The normalized spacial score (nSPS) is 12.4. The minimum absolute atomic E-state index is 0.257. The van der Waals surface area contributed by atoms with Gasteiger partial charge in [-0.3, -0.25) is 11.3 Å². The highest BCUT2D eigenvalue weighted by molar-refractivity contribution is 6.31. The van der Waals surface area contributed by atoms with Crippen LogP contribution in [0.25, 0.3) is 0 Å². The Morgan fingerprint density at radius 3 is 2.40 bits per heavy atom. The van der Waals surface area contributed by atoms with Crippen LogP contribution in [0, 0.1) is 17.5 Å². The number of hydrogen-bond donors (Lipinski definition) is 2. The van der Waals surface area contributed by atoms with Gasteiger partial charge in [-0.1, -0.05) is 23.7 Å². The summed E-state index contributed by atoms with van der Waals surface area (Å²) in [6.07, 6.45) is 0.320. The van der Waals surface area contributed by atoms with Crippen molar-refractivity contribution in [3.05, 3.63) is 70.0 Å². The molecule has 0 spiro atoms. The van der Waals surface area contributed by atoms with Gasteiger partial charge in [-0.25, -0.2) is 13.2 Å². The third-order valence-electron chi connectivity index (χ3n) is 2.99. The topological polar surface area (TPSA) is 38.0 Å². The lowest BCUT2D eigenvalue weighted by Crippen LogP contribution is -2.29. The SMILES string of the molecule is NNC(Cc1ccc(F)cc1Cl)c1ccc(F)c(F)c1. The van der Waals surface area contributed by atoms with Crippen molar-refractivity contribution in [3.63, 3.8) is 0 Å². The molecule has 2 aromatic carbocycles. The van der Waals surface area contributed by atoms with E-state index in [4.69, 9.17) is 17.4 Å². The molecule has 0 bridgehead atoms. The first-order valence-electron chi connectivity index (χ1n) is 5.86. The fraction of sp³-hybridized carbons (Fsp3) is 0.143. The molecule has 0 aromatic heterocycles. The smallest absolute Gasteiger partial charge is 0.159 e. The summed E-state index contributed by atoms with van der Waals surface area (Å²) in [7, 11) is 0. The van der Waals surface area contributed by atoms with Gasteiger partial charge in [0.25, 0.3) is 0 Å². The van der Waals surface area contributed by atoms with E-state index in [2.05, 4.69) is 5.43 Å². The lowest BCUT2D eigenvalue weighted by atomic mass is 9.99. The van der Waals surface area contributed by atoms with Crippen LogP contribution in [0.3, 0.4) is 0 Å². The highest BCUT2D eigenvalue weighted by Gasteiger charge is 2.15. The van der Waals surface area contributed by atoms with Gasteiger partial charge in [0.15, 0.2) is 11.6 Å². The molecule has 0 radical (unpaired) electrons. The number of nitrogens with one attached hydrogen (secondary N) is 1. The molecule has 0 fully saturated rings. The maximum Gasteiger partial charge on any atom is 0.159 e. The molecule has 0 saturated carbocycles. The monoisotopic (exact) mass is 300 g/mol. The Kier molecular flexibility index (Phi) is 4.65. The van der Waals surface area contributed by atoms with Crippen LogP contribution in [0.2, 0.25) is 5.02 Å². The van der Waals surface area contributed by atoms with Gasteiger partial charge in [0.1, 0.15) is 5.82 Å². The standard InChI is InChI=1S/C14H12ClF3N2/c15-11-7-10(16)3-1-8(11)6-14(20-19)9-2-4-12(17)13(18)5-9/h1-5,7,14,20H,6,19H2. The van der Waals surface area contributed by atoms with Crippen molar-refractivity contribution < 1.29 is 13.2 Å². The van der Waals surface area contributed by atoms with E-state index < -0.39 is 23.5 Å². The maximum absolute atomic E-state index is 13.2. The summed E-state index contributed by atoms with van der Waals surface area (Å²) in [5.74, 6) is 3.12. The highest BCUT2D eigenvalue weighted by Crippen LogP contribution is 2.24. The van der Waals surface area contributed by atoms with Crippen molar-refractivity contribution in [2.75, 3.05) is 0 Å². The fourth-order valence-electron chi connectivity index (χ4n) is 1.91. The number of nitrogens with two attached hydrogens (primary N) is 1. The molecular weight excluding hydrogens is 289 g/mol. The van der Waals surface area contributed by atoms with Crippen LogP contribution in [-0.4, -0.2) is 0 Å². The number of halogens is 4. The summed E-state index contributed by atoms with van der Waals surface area (Å²) >= 11 is 5.93. The van der Waals surface area contributed by atoms with Crippen molar-refractivity contribution in [1.82, 2.24) is 5.43 Å². The quantitative estimate of drug-likeness (QED) is 0.670. The van der Waals surface area contributed by atoms with Crippen LogP contribution in [0.15, 0.2) is 36.4 Å². The van der Waals surface area contributed by atoms with Crippen LogP contribution in [-0.2, 0) is 6.42 Å². The molecule has 0 amide bonds. The summed E-state index contributed by atoms with van der Waals surface area (Å²) in [5.41, 5.74) is 3.65. The van der Waals surface area contributed by atoms with Crippen LogP contribution in [0.1, 0.15) is 17.2 Å². The Bertz CT molecular complexity index is 619. The van der Waals surface area contributed by atoms with E-state index in [9.17, 15) is 13.2 Å². The molecule has 0 heterocycles. The molecule has 20 heavy (non-hydrogen) atoms. The molecule has 106 valence electrons. The van der Waals surface area contributed by atoms with Crippen LogP contribution in [0.5, 0.6) is 0 Å². The van der Waals surface area contributed by atoms with Crippen molar-refractivity contribution in [3.8, 4) is 0 Å². The largest absolute Gasteiger partial charge is 0.271 e. The molecule has 1 unspecified atom stereocenters. The summed E-state index contributed by atoms with van der Waals surface area (Å²) in [6, 6.07) is 7.06. The van der Waals surface area contributed by atoms with Gasteiger partial charge in [0, 0.05) is 5.02 Å². The molecular formula is C14H12ClF3N2. The van der Waals surface area contributed by atoms with E-state index in [1.165, 1.54) is 24.3 Å². The average molecular weight is 301 g/mol. The minimum Gasteiger partial charge on any atom is -0.271 e. The lowest BCUT2D eigenvalue weighted by Gasteiger charge is -2.17. The summed E-state index contributed by atoms with van der Waals surface area (Å²) in [6.45, 7) is 0. The van der Waals surface area contributed by atoms with Gasteiger partial charge in [-0.05, 0) is 41.8 Å². The van der Waals surface area contributed by atoms with Gasteiger partial charge in [-0.15, -0.1) is 0 Å². The predicted molar refractivity (Wildman–Crippen MR) is 71.5 cm³/mol. The molecule has 0 saturated heterocycles. The molecule has 3 N–H and O–H groups in total. The van der Waals surface area contributed by atoms with Crippen LogP contribution in [0.4, 0.5) is 13.2 Å². The van der Waals surface area contributed by atoms with Crippen molar-refractivity contribution >= 4 is 11.6 Å². The van der Waals surface area contributed by atoms with E-state index in [1.807, 2.05) is 0 Å². The third kappa shape index (κ3) is 3.30. The van der Waals surface area contributed by atoms with Gasteiger partial charge >= 0.3 is 0 Å². The van der Waals surface area contributed by atoms with Gasteiger partial charge in [0.05, 0.1) is 6.04 Å². The Balaban J connectivity index is 2.26. The molecule has 2 nitrogen and oxygen atoms in total. The highest BCUT2D eigenvalue weighted by atomic mass is 35.5. The summed E-state index contributed by atoms with van der Waals surface area (Å²) < 4.78 is 39.1. The molecule has 0 aliphatic heterocycles. The van der Waals surface area contributed by atoms with E-state index in [0.717, 1.165) is 12.1 Å². The van der Waals surface area contributed by atoms with Crippen LogP contribution < -0.4 is 11.3 Å². The molecule has 2 aromatic rings. The number of hydrogen-bond acceptors (Lipinski definition) is 2. The average Bonchev–Trinajstić information content (AvgIpc) is 2.41. The minimum atomic E-state index is -0.951. The molecule has 1 atom stereocenters. The van der Waals surface area contributed by atoms with E-state index in [0.29, 0.717) is 17.5 Å². The second-order valence-electron chi connectivity index (χ2n) is 4.33. The van der Waals surface area contributed by atoms with Crippen molar-refractivity contribution in [2.45, 2.75) is 12.5 Å². The van der Waals surface area contributed by atoms with Gasteiger partial charge in [-0.2, -0.15) is 0 Å². The Morgan fingerprint density at radius 2 is 1.80 bits per heavy atom. The number of rotatable bonds is 4. The Labute approximate surface area is 119 Å². The summed E-state index contributed by atoms with van der Waals surface area (Å²) in [5, 5.41) is 0.257. The first kappa shape index (κ1) is 14.8. The molecule has 0 aliphatic rings. The second-order valence-corrected chi connectivity index (χ2v) is 4.74. The molecule has 0 aliphatic carbocycles. The Hall–Kier alpha value is -1.56. The van der Waals surface area contributed by atoms with Crippen molar-refractivity contribution in [1.29, 1.82) is 0 Å². The fourth-order valence-corrected chi connectivity index (χ4v) is 2.15. The zero-order valence-electron chi connectivity index (χ0n) is 10.3.